The standard InChI is InChI=1S/C14H27NO3/c1-10(16)9-15-12-7-5-11(6-8-12)13(17)18-14(2,3)4/h10-12,15-16H,5-9H2,1-4H3. The Hall–Kier alpha value is -0.610. The van der Waals surface area contributed by atoms with Crippen molar-refractivity contribution < 1.29 is 14.6 Å². The molecule has 4 nitrogen and oxygen atoms in total. The number of aliphatic hydroxyl groups excluding tert-OH is 1. The summed E-state index contributed by atoms with van der Waals surface area (Å²) in [6, 6.07) is 0.429. The van der Waals surface area contributed by atoms with Crippen molar-refractivity contribution in [1.29, 1.82) is 0 Å². The van der Waals surface area contributed by atoms with Gasteiger partial charge in [-0.3, -0.25) is 4.79 Å². The normalized spacial score (nSPS) is 26.7. The Morgan fingerprint density at radius 3 is 2.33 bits per heavy atom. The highest BCUT2D eigenvalue weighted by atomic mass is 16.6. The van der Waals surface area contributed by atoms with Crippen molar-refractivity contribution in [2.45, 2.75) is 71.1 Å². The summed E-state index contributed by atoms with van der Waals surface area (Å²) >= 11 is 0. The second kappa shape index (κ2) is 6.53. The fourth-order valence-corrected chi connectivity index (χ4v) is 2.26. The van der Waals surface area contributed by atoms with E-state index in [1.807, 2.05) is 20.8 Å². The molecule has 0 aromatic heterocycles. The van der Waals surface area contributed by atoms with Crippen LogP contribution in [0.25, 0.3) is 0 Å². The Morgan fingerprint density at radius 1 is 1.33 bits per heavy atom. The molecule has 0 aliphatic heterocycles. The van der Waals surface area contributed by atoms with Crippen molar-refractivity contribution in [3.8, 4) is 0 Å². The minimum absolute atomic E-state index is 0.0498. The van der Waals surface area contributed by atoms with Gasteiger partial charge in [0.05, 0.1) is 12.0 Å². The summed E-state index contributed by atoms with van der Waals surface area (Å²) in [4.78, 5) is 11.9. The van der Waals surface area contributed by atoms with Crippen LogP contribution < -0.4 is 5.32 Å². The maximum atomic E-state index is 11.9. The van der Waals surface area contributed by atoms with Gasteiger partial charge in [-0.1, -0.05) is 0 Å². The molecule has 0 saturated heterocycles. The van der Waals surface area contributed by atoms with E-state index in [9.17, 15) is 9.90 Å². The summed E-state index contributed by atoms with van der Waals surface area (Å²) in [5, 5.41) is 12.5. The van der Waals surface area contributed by atoms with Gasteiger partial charge in [0.15, 0.2) is 0 Å². The number of hydrogen-bond donors (Lipinski definition) is 2. The van der Waals surface area contributed by atoms with Gasteiger partial charge in [0.1, 0.15) is 5.60 Å². The highest BCUT2D eigenvalue weighted by Crippen LogP contribution is 2.26. The van der Waals surface area contributed by atoms with E-state index in [4.69, 9.17) is 4.74 Å². The molecule has 106 valence electrons. The van der Waals surface area contributed by atoms with Gasteiger partial charge in [-0.15, -0.1) is 0 Å². The minimum Gasteiger partial charge on any atom is -0.460 e. The first-order valence-electron chi connectivity index (χ1n) is 6.92. The number of carbonyl (C=O) groups is 1. The maximum Gasteiger partial charge on any atom is 0.309 e. The van der Waals surface area contributed by atoms with E-state index in [0.29, 0.717) is 12.6 Å². The third kappa shape index (κ3) is 5.83. The van der Waals surface area contributed by atoms with E-state index < -0.39 is 5.60 Å². The van der Waals surface area contributed by atoms with Crippen LogP contribution in [-0.2, 0) is 9.53 Å². The smallest absolute Gasteiger partial charge is 0.309 e. The summed E-state index contributed by atoms with van der Waals surface area (Å²) in [5.74, 6) is -0.00898. The van der Waals surface area contributed by atoms with Gasteiger partial charge in [0, 0.05) is 12.6 Å². The zero-order valence-corrected chi connectivity index (χ0v) is 12.0. The molecule has 0 bridgehead atoms. The SMILES string of the molecule is CC(O)CNC1CCC(C(=O)OC(C)(C)C)CC1. The minimum atomic E-state index is -0.390. The Balaban J connectivity index is 2.28. The van der Waals surface area contributed by atoms with Crippen LogP contribution in [0.2, 0.25) is 0 Å². The first-order chi connectivity index (χ1) is 8.28. The van der Waals surface area contributed by atoms with Crippen LogP contribution in [0, 0.1) is 5.92 Å². The van der Waals surface area contributed by atoms with Gasteiger partial charge in [0.25, 0.3) is 0 Å². The van der Waals surface area contributed by atoms with Crippen LogP contribution in [0.3, 0.4) is 0 Å². The highest BCUT2D eigenvalue weighted by Gasteiger charge is 2.29. The topological polar surface area (TPSA) is 58.6 Å². The van der Waals surface area contributed by atoms with Crippen LogP contribution in [-0.4, -0.2) is 35.4 Å². The first-order valence-corrected chi connectivity index (χ1v) is 6.92. The molecule has 18 heavy (non-hydrogen) atoms. The molecule has 0 radical (unpaired) electrons. The van der Waals surface area contributed by atoms with Crippen molar-refractivity contribution in [3.05, 3.63) is 0 Å². The fraction of sp³-hybridized carbons (Fsp3) is 0.929. The Morgan fingerprint density at radius 2 is 1.89 bits per heavy atom. The van der Waals surface area contributed by atoms with Crippen LogP contribution in [0.15, 0.2) is 0 Å². The molecular weight excluding hydrogens is 230 g/mol. The maximum absolute atomic E-state index is 11.9. The summed E-state index contributed by atoms with van der Waals surface area (Å²) in [7, 11) is 0. The average molecular weight is 257 g/mol. The largest absolute Gasteiger partial charge is 0.460 e. The summed E-state index contributed by atoms with van der Waals surface area (Å²) in [5.41, 5.74) is -0.390. The lowest BCUT2D eigenvalue weighted by molar-refractivity contribution is -0.161. The summed E-state index contributed by atoms with van der Waals surface area (Å²) in [6.07, 6.45) is 3.42. The lowest BCUT2D eigenvalue weighted by Gasteiger charge is -2.30. The molecule has 1 saturated carbocycles. The van der Waals surface area contributed by atoms with Crippen LogP contribution in [0.5, 0.6) is 0 Å². The number of aliphatic hydroxyl groups is 1. The molecule has 1 rings (SSSR count). The molecule has 0 aromatic rings. The monoisotopic (exact) mass is 257 g/mol. The van der Waals surface area contributed by atoms with Gasteiger partial charge in [-0.2, -0.15) is 0 Å². The molecule has 0 spiro atoms. The number of carbonyl (C=O) groups excluding carboxylic acids is 1. The van der Waals surface area contributed by atoms with E-state index in [-0.39, 0.29) is 18.0 Å². The van der Waals surface area contributed by atoms with Crippen molar-refractivity contribution >= 4 is 5.97 Å². The molecule has 1 unspecified atom stereocenters. The predicted molar refractivity (Wildman–Crippen MR) is 71.3 cm³/mol. The second-order valence-corrected chi connectivity index (χ2v) is 6.34. The molecule has 4 heteroatoms. The number of nitrogens with one attached hydrogen (secondary N) is 1. The van der Waals surface area contributed by atoms with Crippen molar-refractivity contribution in [1.82, 2.24) is 5.32 Å². The number of rotatable bonds is 4. The first kappa shape index (κ1) is 15.4. The highest BCUT2D eigenvalue weighted by molar-refractivity contribution is 5.73. The predicted octanol–water partition coefficient (Wildman–Crippen LogP) is 1.86. The second-order valence-electron chi connectivity index (χ2n) is 6.34. The zero-order chi connectivity index (χ0) is 13.8. The molecule has 2 N–H and O–H groups in total. The summed E-state index contributed by atoms with van der Waals surface area (Å²) in [6.45, 7) is 8.11. The van der Waals surface area contributed by atoms with E-state index in [1.54, 1.807) is 6.92 Å². The lowest BCUT2D eigenvalue weighted by Crippen LogP contribution is -2.39. The molecule has 0 heterocycles. The lowest BCUT2D eigenvalue weighted by atomic mass is 9.86. The third-order valence-corrected chi connectivity index (χ3v) is 3.17. The average Bonchev–Trinajstić information content (AvgIpc) is 2.24. The molecule has 1 fully saturated rings. The number of hydrogen-bond acceptors (Lipinski definition) is 4. The Bertz CT molecular complexity index is 263. The number of esters is 1. The Labute approximate surface area is 110 Å². The van der Waals surface area contributed by atoms with Crippen molar-refractivity contribution in [2.24, 2.45) is 5.92 Å². The van der Waals surface area contributed by atoms with E-state index in [0.717, 1.165) is 25.7 Å². The van der Waals surface area contributed by atoms with Crippen LogP contribution in [0.4, 0.5) is 0 Å². The van der Waals surface area contributed by atoms with Gasteiger partial charge in [-0.25, -0.2) is 0 Å². The van der Waals surface area contributed by atoms with Gasteiger partial charge in [-0.05, 0) is 53.4 Å². The third-order valence-electron chi connectivity index (χ3n) is 3.17. The molecular formula is C14H27NO3. The van der Waals surface area contributed by atoms with Crippen LogP contribution in [0.1, 0.15) is 53.4 Å². The van der Waals surface area contributed by atoms with E-state index in [1.165, 1.54) is 0 Å². The molecule has 1 aliphatic carbocycles. The Kier molecular flexibility index (Phi) is 5.60. The van der Waals surface area contributed by atoms with E-state index in [2.05, 4.69) is 5.32 Å². The van der Waals surface area contributed by atoms with E-state index >= 15 is 0 Å². The quantitative estimate of drug-likeness (QED) is 0.755. The molecule has 0 amide bonds. The molecule has 0 aromatic carbocycles. The van der Waals surface area contributed by atoms with Crippen molar-refractivity contribution in [2.75, 3.05) is 6.54 Å². The van der Waals surface area contributed by atoms with Gasteiger partial charge in [0.2, 0.25) is 0 Å². The summed E-state index contributed by atoms with van der Waals surface area (Å²) < 4.78 is 5.41. The molecule has 1 atom stereocenters. The zero-order valence-electron chi connectivity index (χ0n) is 12.0. The van der Waals surface area contributed by atoms with Crippen molar-refractivity contribution in [3.63, 3.8) is 0 Å². The fourth-order valence-electron chi connectivity index (χ4n) is 2.26. The van der Waals surface area contributed by atoms with Crippen LogP contribution >= 0.6 is 0 Å². The van der Waals surface area contributed by atoms with Gasteiger partial charge >= 0.3 is 5.97 Å². The molecule has 1 aliphatic rings. The number of ether oxygens (including phenoxy) is 1. The van der Waals surface area contributed by atoms with Gasteiger partial charge < -0.3 is 15.2 Å².